The van der Waals surface area contributed by atoms with Gasteiger partial charge in [-0.05, 0) is 54.1 Å². The zero-order valence-electron chi connectivity index (χ0n) is 17.5. The molecule has 1 heterocycles. The number of hydrogen-bond acceptors (Lipinski definition) is 4. The van der Waals surface area contributed by atoms with Gasteiger partial charge in [0.1, 0.15) is 5.82 Å². The summed E-state index contributed by atoms with van der Waals surface area (Å²) in [5, 5.41) is 12.8. The van der Waals surface area contributed by atoms with Gasteiger partial charge in [-0.15, -0.1) is 16.8 Å². The van der Waals surface area contributed by atoms with E-state index in [9.17, 15) is 9.18 Å². The summed E-state index contributed by atoms with van der Waals surface area (Å²) in [6.45, 7) is 4.39. The van der Waals surface area contributed by atoms with E-state index in [1.54, 1.807) is 30.0 Å². The van der Waals surface area contributed by atoms with E-state index >= 15 is 0 Å². The average molecular weight is 479 g/mol. The quantitative estimate of drug-likeness (QED) is 0.233. The standard InChI is InChI=1S/C25H20ClFN4OS/c1-2-15-31-23(21-5-3-4-6-22(21)26)29-30-25(31)33-16-17-7-9-18(10-8-17)24(32)28-20-13-11-19(27)12-14-20/h2-14H,1,15-16H2,(H,28,32). The molecule has 1 aromatic heterocycles. The van der Waals surface area contributed by atoms with E-state index in [4.69, 9.17) is 11.6 Å². The second-order valence-electron chi connectivity index (χ2n) is 7.13. The highest BCUT2D eigenvalue weighted by Gasteiger charge is 2.16. The molecular formula is C25H20ClFN4OS. The first-order valence-corrected chi connectivity index (χ1v) is 11.5. The summed E-state index contributed by atoms with van der Waals surface area (Å²) in [4.78, 5) is 12.4. The normalized spacial score (nSPS) is 10.7. The number of halogens is 2. The van der Waals surface area contributed by atoms with Crippen LogP contribution in [0.3, 0.4) is 0 Å². The van der Waals surface area contributed by atoms with Crippen LogP contribution in [0, 0.1) is 5.82 Å². The minimum atomic E-state index is -0.349. The van der Waals surface area contributed by atoms with Crippen LogP contribution < -0.4 is 5.32 Å². The van der Waals surface area contributed by atoms with E-state index < -0.39 is 0 Å². The van der Waals surface area contributed by atoms with Crippen molar-refractivity contribution in [1.82, 2.24) is 14.8 Å². The SMILES string of the molecule is C=CCn1c(SCc2ccc(C(=O)Nc3ccc(F)cc3)cc2)nnc1-c1ccccc1Cl. The largest absolute Gasteiger partial charge is 0.322 e. The fourth-order valence-corrected chi connectivity index (χ4v) is 4.29. The van der Waals surface area contributed by atoms with Gasteiger partial charge >= 0.3 is 0 Å². The molecule has 0 saturated heterocycles. The third-order valence-corrected chi connectivity index (χ3v) is 6.20. The van der Waals surface area contributed by atoms with Gasteiger partial charge in [0.05, 0.1) is 5.02 Å². The van der Waals surface area contributed by atoms with Crippen LogP contribution in [-0.2, 0) is 12.3 Å². The summed E-state index contributed by atoms with van der Waals surface area (Å²) in [6.07, 6.45) is 1.79. The Morgan fingerprint density at radius 1 is 1.06 bits per heavy atom. The molecule has 33 heavy (non-hydrogen) atoms. The predicted molar refractivity (Wildman–Crippen MR) is 131 cm³/mol. The topological polar surface area (TPSA) is 59.8 Å². The van der Waals surface area contributed by atoms with E-state index in [1.807, 2.05) is 41.0 Å². The van der Waals surface area contributed by atoms with Gasteiger partial charge in [-0.2, -0.15) is 0 Å². The summed E-state index contributed by atoms with van der Waals surface area (Å²) in [5.74, 6) is 0.738. The molecule has 8 heteroatoms. The third-order valence-electron chi connectivity index (χ3n) is 4.83. The first kappa shape index (κ1) is 22.8. The number of amides is 1. The van der Waals surface area contributed by atoms with Crippen LogP contribution in [-0.4, -0.2) is 20.7 Å². The lowest BCUT2D eigenvalue weighted by Crippen LogP contribution is -2.11. The van der Waals surface area contributed by atoms with Gasteiger partial charge in [0.2, 0.25) is 0 Å². The van der Waals surface area contributed by atoms with Gasteiger partial charge < -0.3 is 5.32 Å². The van der Waals surface area contributed by atoms with E-state index in [0.29, 0.717) is 34.4 Å². The van der Waals surface area contributed by atoms with Crippen LogP contribution in [0.1, 0.15) is 15.9 Å². The first-order valence-electron chi connectivity index (χ1n) is 10.1. The highest BCUT2D eigenvalue weighted by atomic mass is 35.5. The van der Waals surface area contributed by atoms with Gasteiger partial charge in [0, 0.05) is 29.1 Å². The molecule has 0 aliphatic carbocycles. The van der Waals surface area contributed by atoms with Crippen molar-refractivity contribution >= 4 is 35.0 Å². The predicted octanol–water partition coefficient (Wildman–Crippen LogP) is 6.47. The van der Waals surface area contributed by atoms with Crippen LogP contribution in [0.5, 0.6) is 0 Å². The highest BCUT2D eigenvalue weighted by molar-refractivity contribution is 7.98. The molecule has 0 aliphatic heterocycles. The van der Waals surface area contributed by atoms with Gasteiger partial charge in [0.25, 0.3) is 5.91 Å². The number of carbonyl (C=O) groups excluding carboxylic acids is 1. The molecule has 5 nitrogen and oxygen atoms in total. The Kier molecular flexibility index (Phi) is 7.22. The number of allylic oxidation sites excluding steroid dienone is 1. The Morgan fingerprint density at radius 2 is 1.79 bits per heavy atom. The van der Waals surface area contributed by atoms with Crippen molar-refractivity contribution in [1.29, 1.82) is 0 Å². The molecule has 0 atom stereocenters. The van der Waals surface area contributed by atoms with E-state index in [2.05, 4.69) is 22.1 Å². The summed E-state index contributed by atoms with van der Waals surface area (Å²) < 4.78 is 15.0. The van der Waals surface area contributed by atoms with Crippen LogP contribution in [0.25, 0.3) is 11.4 Å². The molecule has 0 fully saturated rings. The average Bonchev–Trinajstić information content (AvgIpc) is 3.22. The number of benzene rings is 3. The van der Waals surface area contributed by atoms with Crippen molar-refractivity contribution in [2.75, 3.05) is 5.32 Å². The monoisotopic (exact) mass is 478 g/mol. The number of rotatable bonds is 8. The molecule has 166 valence electrons. The van der Waals surface area contributed by atoms with Crippen LogP contribution >= 0.6 is 23.4 Å². The summed E-state index contributed by atoms with van der Waals surface area (Å²) in [7, 11) is 0. The fourth-order valence-electron chi connectivity index (χ4n) is 3.17. The zero-order valence-corrected chi connectivity index (χ0v) is 19.1. The lowest BCUT2D eigenvalue weighted by Gasteiger charge is -2.09. The van der Waals surface area contributed by atoms with E-state index in [1.165, 1.54) is 24.3 Å². The molecule has 4 rings (SSSR count). The molecule has 1 amide bonds. The Labute approximate surface area is 200 Å². The Bertz CT molecular complexity index is 1270. The van der Waals surface area contributed by atoms with Gasteiger partial charge in [-0.1, -0.05) is 53.7 Å². The molecule has 0 aliphatic rings. The van der Waals surface area contributed by atoms with Crippen molar-refractivity contribution in [2.24, 2.45) is 0 Å². The molecule has 0 spiro atoms. The lowest BCUT2D eigenvalue weighted by molar-refractivity contribution is 0.102. The number of aromatic nitrogens is 3. The van der Waals surface area contributed by atoms with Gasteiger partial charge in [-0.25, -0.2) is 4.39 Å². The lowest BCUT2D eigenvalue weighted by atomic mass is 10.1. The molecule has 0 saturated carbocycles. The second kappa shape index (κ2) is 10.5. The number of anilines is 1. The first-order chi connectivity index (χ1) is 16.0. The van der Waals surface area contributed by atoms with E-state index in [0.717, 1.165) is 16.3 Å². The minimum Gasteiger partial charge on any atom is -0.322 e. The molecule has 1 N–H and O–H groups in total. The second-order valence-corrected chi connectivity index (χ2v) is 8.48. The Morgan fingerprint density at radius 3 is 2.48 bits per heavy atom. The maximum Gasteiger partial charge on any atom is 0.255 e. The number of thioether (sulfide) groups is 1. The molecule has 3 aromatic carbocycles. The minimum absolute atomic E-state index is 0.254. The molecule has 0 radical (unpaired) electrons. The van der Waals surface area contributed by atoms with Crippen molar-refractivity contribution in [2.45, 2.75) is 17.5 Å². The zero-order chi connectivity index (χ0) is 23.2. The Hall–Kier alpha value is -3.42. The van der Waals surface area contributed by atoms with E-state index in [-0.39, 0.29) is 11.7 Å². The van der Waals surface area contributed by atoms with Crippen molar-refractivity contribution in [3.05, 3.63) is 107 Å². The molecule has 4 aromatic rings. The summed E-state index contributed by atoms with van der Waals surface area (Å²) in [6, 6.07) is 20.5. The van der Waals surface area contributed by atoms with Crippen LogP contribution in [0.2, 0.25) is 5.02 Å². The molecule has 0 bridgehead atoms. The van der Waals surface area contributed by atoms with Crippen molar-refractivity contribution in [3.8, 4) is 11.4 Å². The maximum absolute atomic E-state index is 13.0. The van der Waals surface area contributed by atoms with Crippen LogP contribution in [0.15, 0.2) is 90.6 Å². The van der Waals surface area contributed by atoms with Crippen LogP contribution in [0.4, 0.5) is 10.1 Å². The van der Waals surface area contributed by atoms with Crippen molar-refractivity contribution in [3.63, 3.8) is 0 Å². The third kappa shape index (κ3) is 5.50. The molecular weight excluding hydrogens is 459 g/mol. The number of nitrogens with zero attached hydrogens (tertiary/aromatic N) is 3. The fraction of sp³-hybridized carbons (Fsp3) is 0.0800. The smallest absolute Gasteiger partial charge is 0.255 e. The van der Waals surface area contributed by atoms with Crippen molar-refractivity contribution < 1.29 is 9.18 Å². The maximum atomic E-state index is 13.0. The Balaban J connectivity index is 1.44. The summed E-state index contributed by atoms with van der Waals surface area (Å²) in [5.41, 5.74) is 2.91. The highest BCUT2D eigenvalue weighted by Crippen LogP contribution is 2.30. The van der Waals surface area contributed by atoms with Gasteiger partial charge in [-0.3, -0.25) is 9.36 Å². The number of nitrogens with one attached hydrogen (secondary N) is 1. The van der Waals surface area contributed by atoms with Gasteiger partial charge in [0.15, 0.2) is 11.0 Å². The summed E-state index contributed by atoms with van der Waals surface area (Å²) >= 11 is 7.89. The molecule has 0 unspecified atom stereocenters. The number of hydrogen-bond donors (Lipinski definition) is 1. The number of carbonyl (C=O) groups is 1.